The lowest BCUT2D eigenvalue weighted by atomic mass is 9.76. The number of hydrazine groups is 1. The molecule has 0 aliphatic heterocycles. The van der Waals surface area contributed by atoms with Gasteiger partial charge in [0.25, 0.3) is 0 Å². The molecule has 1 unspecified atom stereocenters. The SMILES string of the molecule is CCC1CCC(C(NN)c2ccsc2)CC1. The summed E-state index contributed by atoms with van der Waals surface area (Å²) in [5, 5.41) is 4.35. The lowest BCUT2D eigenvalue weighted by Gasteiger charge is -2.33. The molecule has 90 valence electrons. The first-order valence-electron chi connectivity index (χ1n) is 6.33. The fraction of sp³-hybridized carbons (Fsp3) is 0.692. The van der Waals surface area contributed by atoms with E-state index in [1.165, 1.54) is 37.7 Å². The molecule has 2 rings (SSSR count). The first-order valence-corrected chi connectivity index (χ1v) is 7.27. The van der Waals surface area contributed by atoms with E-state index in [1.807, 2.05) is 0 Å². The molecule has 1 aliphatic rings. The zero-order chi connectivity index (χ0) is 11.4. The molecule has 1 saturated carbocycles. The fourth-order valence-corrected chi connectivity index (χ4v) is 3.58. The molecule has 1 aromatic rings. The number of thiophene rings is 1. The van der Waals surface area contributed by atoms with E-state index >= 15 is 0 Å². The maximum Gasteiger partial charge on any atom is 0.0496 e. The Hall–Kier alpha value is -0.380. The van der Waals surface area contributed by atoms with Gasteiger partial charge in [0, 0.05) is 6.04 Å². The average molecular weight is 238 g/mol. The van der Waals surface area contributed by atoms with Gasteiger partial charge in [-0.2, -0.15) is 11.3 Å². The van der Waals surface area contributed by atoms with E-state index in [4.69, 9.17) is 5.84 Å². The summed E-state index contributed by atoms with van der Waals surface area (Å²) >= 11 is 1.76. The summed E-state index contributed by atoms with van der Waals surface area (Å²) in [5.74, 6) is 7.40. The second-order valence-corrected chi connectivity index (χ2v) is 5.67. The summed E-state index contributed by atoms with van der Waals surface area (Å²) in [6.07, 6.45) is 6.74. The van der Waals surface area contributed by atoms with Gasteiger partial charge in [0.2, 0.25) is 0 Å². The van der Waals surface area contributed by atoms with Gasteiger partial charge in [0.1, 0.15) is 0 Å². The predicted octanol–water partition coefficient (Wildman–Crippen LogP) is 3.47. The van der Waals surface area contributed by atoms with Gasteiger partial charge >= 0.3 is 0 Å². The van der Waals surface area contributed by atoms with E-state index in [0.29, 0.717) is 6.04 Å². The minimum atomic E-state index is 0.365. The second kappa shape index (κ2) is 5.80. The predicted molar refractivity (Wildman–Crippen MR) is 70.1 cm³/mol. The molecule has 16 heavy (non-hydrogen) atoms. The normalized spacial score (nSPS) is 27.9. The molecule has 0 radical (unpaired) electrons. The Morgan fingerprint density at radius 3 is 2.69 bits per heavy atom. The molecule has 2 nitrogen and oxygen atoms in total. The van der Waals surface area contributed by atoms with Crippen molar-refractivity contribution in [3.05, 3.63) is 22.4 Å². The monoisotopic (exact) mass is 238 g/mol. The lowest BCUT2D eigenvalue weighted by Crippen LogP contribution is -2.35. The van der Waals surface area contributed by atoms with Gasteiger partial charge < -0.3 is 0 Å². The standard InChI is InChI=1S/C13H22N2S/c1-2-10-3-5-11(6-4-10)13(15-14)12-7-8-16-9-12/h7-11,13,15H,2-6,14H2,1H3. The van der Waals surface area contributed by atoms with Crippen molar-refractivity contribution in [2.24, 2.45) is 17.7 Å². The van der Waals surface area contributed by atoms with Gasteiger partial charge in [-0.1, -0.05) is 26.2 Å². The molecule has 1 fully saturated rings. The van der Waals surface area contributed by atoms with E-state index in [-0.39, 0.29) is 0 Å². The molecular weight excluding hydrogens is 216 g/mol. The highest BCUT2D eigenvalue weighted by atomic mass is 32.1. The third-order valence-corrected chi connectivity index (χ3v) is 4.72. The minimum absolute atomic E-state index is 0.365. The summed E-state index contributed by atoms with van der Waals surface area (Å²) in [6, 6.07) is 2.56. The Labute approximate surface area is 102 Å². The largest absolute Gasteiger partial charge is 0.271 e. The Balaban J connectivity index is 1.96. The van der Waals surface area contributed by atoms with Crippen LogP contribution >= 0.6 is 11.3 Å². The van der Waals surface area contributed by atoms with Crippen molar-refractivity contribution in [1.29, 1.82) is 0 Å². The third-order valence-electron chi connectivity index (χ3n) is 4.02. The first kappa shape index (κ1) is 12.1. The van der Waals surface area contributed by atoms with Crippen molar-refractivity contribution in [1.82, 2.24) is 5.43 Å². The van der Waals surface area contributed by atoms with Crippen LogP contribution in [0.25, 0.3) is 0 Å². The van der Waals surface area contributed by atoms with Crippen LogP contribution in [0.5, 0.6) is 0 Å². The number of nitrogens with one attached hydrogen (secondary N) is 1. The van der Waals surface area contributed by atoms with Crippen LogP contribution in [0.1, 0.15) is 50.6 Å². The maximum atomic E-state index is 5.72. The van der Waals surface area contributed by atoms with E-state index in [9.17, 15) is 0 Å². The third kappa shape index (κ3) is 2.65. The van der Waals surface area contributed by atoms with Crippen LogP contribution in [0.3, 0.4) is 0 Å². The molecule has 1 aliphatic carbocycles. The fourth-order valence-electron chi connectivity index (χ4n) is 2.89. The van der Waals surface area contributed by atoms with E-state index in [1.54, 1.807) is 11.3 Å². The molecule has 3 heteroatoms. The van der Waals surface area contributed by atoms with Gasteiger partial charge in [-0.05, 0) is 47.1 Å². The Morgan fingerprint density at radius 1 is 1.44 bits per heavy atom. The highest BCUT2D eigenvalue weighted by Crippen LogP contribution is 2.37. The highest BCUT2D eigenvalue weighted by molar-refractivity contribution is 7.07. The van der Waals surface area contributed by atoms with Gasteiger partial charge in [-0.15, -0.1) is 0 Å². The summed E-state index contributed by atoms with van der Waals surface area (Å²) in [7, 11) is 0. The molecule has 1 atom stereocenters. The van der Waals surface area contributed by atoms with Crippen LogP contribution in [0.15, 0.2) is 16.8 Å². The first-order chi connectivity index (χ1) is 7.85. The second-order valence-electron chi connectivity index (χ2n) is 4.89. The summed E-state index contributed by atoms with van der Waals surface area (Å²) in [5.41, 5.74) is 4.38. The van der Waals surface area contributed by atoms with Gasteiger partial charge in [-0.3, -0.25) is 11.3 Å². The Morgan fingerprint density at radius 2 is 2.19 bits per heavy atom. The molecule has 0 amide bonds. The van der Waals surface area contributed by atoms with Gasteiger partial charge in [0.15, 0.2) is 0 Å². The Kier molecular flexibility index (Phi) is 4.38. The molecule has 3 N–H and O–H groups in total. The van der Waals surface area contributed by atoms with Crippen molar-refractivity contribution < 1.29 is 0 Å². The molecule has 0 bridgehead atoms. The quantitative estimate of drug-likeness (QED) is 0.622. The van der Waals surface area contributed by atoms with Crippen LogP contribution in [0.4, 0.5) is 0 Å². The van der Waals surface area contributed by atoms with Crippen LogP contribution in [0, 0.1) is 11.8 Å². The topological polar surface area (TPSA) is 38.0 Å². The number of hydrogen-bond acceptors (Lipinski definition) is 3. The van der Waals surface area contributed by atoms with E-state index < -0.39 is 0 Å². The Bertz CT molecular complexity index is 289. The van der Waals surface area contributed by atoms with Crippen molar-refractivity contribution >= 4 is 11.3 Å². The minimum Gasteiger partial charge on any atom is -0.271 e. The molecule has 0 aromatic carbocycles. The van der Waals surface area contributed by atoms with Crippen LogP contribution in [-0.2, 0) is 0 Å². The van der Waals surface area contributed by atoms with E-state index in [0.717, 1.165) is 11.8 Å². The van der Waals surface area contributed by atoms with Crippen molar-refractivity contribution in [2.75, 3.05) is 0 Å². The molecule has 0 spiro atoms. The molecular formula is C13H22N2S. The van der Waals surface area contributed by atoms with Crippen molar-refractivity contribution in [3.63, 3.8) is 0 Å². The summed E-state index contributed by atoms with van der Waals surface area (Å²) in [4.78, 5) is 0. The van der Waals surface area contributed by atoms with Gasteiger partial charge in [0.05, 0.1) is 0 Å². The zero-order valence-electron chi connectivity index (χ0n) is 9.99. The smallest absolute Gasteiger partial charge is 0.0496 e. The zero-order valence-corrected chi connectivity index (χ0v) is 10.8. The molecule has 0 saturated heterocycles. The molecule has 1 heterocycles. The number of nitrogens with two attached hydrogens (primary N) is 1. The summed E-state index contributed by atoms with van der Waals surface area (Å²) < 4.78 is 0. The average Bonchev–Trinajstić information content (AvgIpc) is 2.85. The van der Waals surface area contributed by atoms with Gasteiger partial charge in [-0.25, -0.2) is 0 Å². The van der Waals surface area contributed by atoms with Crippen LogP contribution in [0.2, 0.25) is 0 Å². The summed E-state index contributed by atoms with van der Waals surface area (Å²) in [6.45, 7) is 2.31. The molecule has 1 aromatic heterocycles. The lowest BCUT2D eigenvalue weighted by molar-refractivity contribution is 0.219. The van der Waals surface area contributed by atoms with Crippen LogP contribution in [-0.4, -0.2) is 0 Å². The maximum absolute atomic E-state index is 5.72. The number of hydrogen-bond donors (Lipinski definition) is 2. The van der Waals surface area contributed by atoms with Crippen LogP contribution < -0.4 is 11.3 Å². The van der Waals surface area contributed by atoms with Crippen molar-refractivity contribution in [3.8, 4) is 0 Å². The van der Waals surface area contributed by atoms with E-state index in [2.05, 4.69) is 29.2 Å². The highest BCUT2D eigenvalue weighted by Gasteiger charge is 2.27. The number of rotatable bonds is 4. The van der Waals surface area contributed by atoms with Crippen molar-refractivity contribution in [2.45, 2.75) is 45.1 Å².